The van der Waals surface area contributed by atoms with E-state index >= 15 is 0 Å². The summed E-state index contributed by atoms with van der Waals surface area (Å²) < 4.78 is 6.18. The summed E-state index contributed by atoms with van der Waals surface area (Å²) >= 11 is 7.53. The van der Waals surface area contributed by atoms with Gasteiger partial charge >= 0.3 is 6.03 Å². The number of carbonyl (C=O) groups excluding carboxylic acids is 5. The monoisotopic (exact) mass is 555 g/mol. The molecule has 5 rings (SSSR count). The van der Waals surface area contributed by atoms with Crippen molar-refractivity contribution in [3.8, 4) is 5.75 Å². The van der Waals surface area contributed by atoms with Crippen LogP contribution in [0.2, 0.25) is 5.02 Å². The van der Waals surface area contributed by atoms with Crippen LogP contribution >= 0.6 is 22.9 Å². The molecule has 1 aromatic heterocycles. The van der Waals surface area contributed by atoms with Crippen LogP contribution in [0, 0.1) is 0 Å². The summed E-state index contributed by atoms with van der Waals surface area (Å²) in [6.45, 7) is 3.59. The molecule has 3 aromatic rings. The maximum absolute atomic E-state index is 13.0. The third-order valence-corrected chi connectivity index (χ3v) is 7.85. The van der Waals surface area contributed by atoms with E-state index in [0.29, 0.717) is 21.3 Å². The molecule has 3 heterocycles. The van der Waals surface area contributed by atoms with Crippen molar-refractivity contribution in [2.24, 2.45) is 0 Å². The van der Waals surface area contributed by atoms with Crippen molar-refractivity contribution >= 4 is 68.5 Å². The van der Waals surface area contributed by atoms with Crippen LogP contribution in [0.5, 0.6) is 5.75 Å². The number of urea groups is 1. The Bertz CT molecular complexity index is 1550. The van der Waals surface area contributed by atoms with E-state index < -0.39 is 41.2 Å². The third-order valence-electron chi connectivity index (χ3n) is 6.30. The van der Waals surface area contributed by atoms with E-state index in [1.54, 1.807) is 26.0 Å². The third kappa shape index (κ3) is 4.45. The number of thiazole rings is 1. The number of amides is 6. The van der Waals surface area contributed by atoms with Crippen LogP contribution in [-0.4, -0.2) is 52.7 Å². The molecule has 0 saturated carbocycles. The molecule has 6 amide bonds. The topological polar surface area (TPSA) is 147 Å². The summed E-state index contributed by atoms with van der Waals surface area (Å²) in [7, 11) is 1.53. The summed E-state index contributed by atoms with van der Waals surface area (Å²) in [6.07, 6.45) is 0.0869. The van der Waals surface area contributed by atoms with Gasteiger partial charge in [-0.1, -0.05) is 11.6 Å². The van der Waals surface area contributed by atoms with Crippen molar-refractivity contribution in [1.29, 1.82) is 0 Å². The van der Waals surface area contributed by atoms with Gasteiger partial charge in [0.05, 0.1) is 28.5 Å². The molecule has 1 fully saturated rings. The predicted octanol–water partition coefficient (Wildman–Crippen LogP) is 3.42. The average Bonchev–Trinajstić information content (AvgIpc) is 3.38. The quantitative estimate of drug-likeness (QED) is 0.409. The molecule has 0 bridgehead atoms. The maximum atomic E-state index is 13.0. The van der Waals surface area contributed by atoms with Crippen molar-refractivity contribution in [1.82, 2.24) is 20.5 Å². The molecule has 0 aliphatic carbocycles. The first-order valence-electron chi connectivity index (χ1n) is 11.6. The molecule has 0 spiro atoms. The Hall–Kier alpha value is -4.03. The fourth-order valence-corrected chi connectivity index (χ4v) is 5.79. The first-order chi connectivity index (χ1) is 18.0. The zero-order valence-corrected chi connectivity index (χ0v) is 22.1. The van der Waals surface area contributed by atoms with Crippen LogP contribution in [0.25, 0.3) is 10.2 Å². The zero-order chi connectivity index (χ0) is 27.4. The second kappa shape index (κ2) is 9.37. The van der Waals surface area contributed by atoms with Gasteiger partial charge in [0.2, 0.25) is 11.8 Å². The number of hydrogen-bond donors (Lipinski definition) is 3. The first kappa shape index (κ1) is 25.6. The van der Waals surface area contributed by atoms with Gasteiger partial charge in [0, 0.05) is 23.2 Å². The van der Waals surface area contributed by atoms with Gasteiger partial charge in [0.1, 0.15) is 22.3 Å². The Morgan fingerprint density at radius 1 is 1.16 bits per heavy atom. The minimum atomic E-state index is -1.07. The summed E-state index contributed by atoms with van der Waals surface area (Å²) in [5.74, 6) is -1.89. The molecule has 2 aliphatic heterocycles. The Labute approximate surface area is 225 Å². The lowest BCUT2D eigenvalue weighted by molar-refractivity contribution is -0.136. The van der Waals surface area contributed by atoms with E-state index in [4.69, 9.17) is 16.3 Å². The smallest absolute Gasteiger partial charge is 0.319 e. The van der Waals surface area contributed by atoms with E-state index in [1.807, 2.05) is 0 Å². The number of rotatable bonds is 5. The number of nitrogens with zero attached hydrogens (tertiary/aromatic N) is 2. The molecular formula is C25H22ClN5O6S. The number of carbonyl (C=O) groups is 5. The lowest BCUT2D eigenvalue weighted by atomic mass is 10.0. The fraction of sp³-hybridized carbons (Fsp3) is 0.280. The highest BCUT2D eigenvalue weighted by Gasteiger charge is 2.44. The van der Waals surface area contributed by atoms with Gasteiger partial charge in [-0.15, -0.1) is 11.3 Å². The minimum absolute atomic E-state index is 0.0288. The van der Waals surface area contributed by atoms with E-state index in [-0.39, 0.29) is 29.7 Å². The van der Waals surface area contributed by atoms with Crippen LogP contribution in [0.1, 0.15) is 52.4 Å². The van der Waals surface area contributed by atoms with Crippen molar-refractivity contribution < 1.29 is 28.7 Å². The van der Waals surface area contributed by atoms with Crippen molar-refractivity contribution in [2.75, 3.05) is 12.4 Å². The summed E-state index contributed by atoms with van der Waals surface area (Å²) in [5.41, 5.74) is 0.215. The van der Waals surface area contributed by atoms with Gasteiger partial charge in [0.15, 0.2) is 0 Å². The number of nitrogens with one attached hydrogen (secondary N) is 3. The number of piperidine rings is 1. The minimum Gasteiger partial charge on any atom is -0.494 e. The Kier molecular flexibility index (Phi) is 6.32. The molecule has 2 aromatic carbocycles. The Morgan fingerprint density at radius 3 is 2.61 bits per heavy atom. The number of halogens is 1. The molecule has 1 atom stereocenters. The second-order valence-corrected chi connectivity index (χ2v) is 10.9. The average molecular weight is 556 g/mol. The summed E-state index contributed by atoms with van der Waals surface area (Å²) in [5, 5.41) is 8.84. The van der Waals surface area contributed by atoms with Crippen LogP contribution in [0.4, 0.5) is 10.5 Å². The molecule has 0 radical (unpaired) electrons. The predicted molar refractivity (Wildman–Crippen MR) is 139 cm³/mol. The number of ether oxygens (including phenoxy) is 1. The van der Waals surface area contributed by atoms with E-state index in [9.17, 15) is 24.0 Å². The Balaban J connectivity index is 1.32. The van der Waals surface area contributed by atoms with Crippen LogP contribution in [0.15, 0.2) is 30.3 Å². The van der Waals surface area contributed by atoms with Gasteiger partial charge < -0.3 is 15.4 Å². The normalized spacial score (nSPS) is 17.5. The molecule has 3 N–H and O–H groups in total. The van der Waals surface area contributed by atoms with Gasteiger partial charge in [-0.25, -0.2) is 9.78 Å². The largest absolute Gasteiger partial charge is 0.494 e. The maximum Gasteiger partial charge on any atom is 0.319 e. The number of fused-ring (bicyclic) bond motifs is 2. The molecule has 196 valence electrons. The van der Waals surface area contributed by atoms with E-state index in [0.717, 1.165) is 9.60 Å². The first-order valence-corrected chi connectivity index (χ1v) is 12.8. The Morgan fingerprint density at radius 2 is 1.89 bits per heavy atom. The molecule has 11 nitrogen and oxygen atoms in total. The summed E-state index contributed by atoms with van der Waals surface area (Å²) in [4.78, 5) is 68.0. The molecule has 13 heteroatoms. The van der Waals surface area contributed by atoms with Gasteiger partial charge in [-0.2, -0.15) is 0 Å². The number of aromatic nitrogens is 1. The molecular weight excluding hydrogens is 534 g/mol. The highest BCUT2D eigenvalue weighted by atomic mass is 35.5. The van der Waals surface area contributed by atoms with Gasteiger partial charge in [-0.3, -0.25) is 29.4 Å². The van der Waals surface area contributed by atoms with Gasteiger partial charge in [-0.05, 0) is 44.5 Å². The number of methoxy groups -OCH3 is 1. The number of hydrogen-bond acceptors (Lipinski definition) is 8. The van der Waals surface area contributed by atoms with E-state index in [1.165, 1.54) is 36.6 Å². The second-order valence-electron chi connectivity index (χ2n) is 9.39. The van der Waals surface area contributed by atoms with Crippen molar-refractivity contribution in [3.05, 3.63) is 51.5 Å². The molecule has 1 saturated heterocycles. The number of anilines is 1. The highest BCUT2D eigenvalue weighted by molar-refractivity contribution is 7.18. The van der Waals surface area contributed by atoms with Crippen LogP contribution < -0.4 is 20.7 Å². The molecule has 2 aliphatic rings. The lowest BCUT2D eigenvalue weighted by Crippen LogP contribution is -2.54. The van der Waals surface area contributed by atoms with Gasteiger partial charge in [0.25, 0.3) is 11.8 Å². The zero-order valence-electron chi connectivity index (χ0n) is 20.5. The SMILES string of the molecule is COc1cc(Cl)cc2sc(C(C)(C)NC(=O)Nc3ccc4c(c3)C(=O)N(C3CCC(=O)NC3=O)C4=O)nc12. The van der Waals surface area contributed by atoms with Crippen molar-refractivity contribution in [3.63, 3.8) is 0 Å². The lowest BCUT2D eigenvalue weighted by Gasteiger charge is -2.27. The standard InChI is InChI=1S/C25H22ClN5O6S/c1-25(2,23-29-19-16(37-3)8-11(26)9-17(19)38-23)30-24(36)27-12-4-5-13-14(10-12)22(35)31(21(13)34)15-6-7-18(32)28-20(15)33/h4-5,8-10,15H,6-7H2,1-3H3,(H2,27,30,36)(H,28,32,33). The van der Waals surface area contributed by atoms with Crippen LogP contribution in [-0.2, 0) is 15.1 Å². The highest BCUT2D eigenvalue weighted by Crippen LogP contribution is 2.37. The summed E-state index contributed by atoms with van der Waals surface area (Å²) in [6, 6.07) is 6.12. The number of benzene rings is 2. The van der Waals surface area contributed by atoms with E-state index in [2.05, 4.69) is 20.9 Å². The van der Waals surface area contributed by atoms with Crippen molar-refractivity contribution in [2.45, 2.75) is 38.3 Å². The van der Waals surface area contributed by atoms with Crippen LogP contribution in [0.3, 0.4) is 0 Å². The fourth-order valence-electron chi connectivity index (χ4n) is 4.44. The molecule has 38 heavy (non-hydrogen) atoms. The molecule has 1 unspecified atom stereocenters. The number of imide groups is 2.